The fourth-order valence-electron chi connectivity index (χ4n) is 2.91. The number of benzene rings is 2. The van der Waals surface area contributed by atoms with E-state index < -0.39 is 6.10 Å². The summed E-state index contributed by atoms with van der Waals surface area (Å²) in [6.45, 7) is 8.16. The second-order valence-electron chi connectivity index (χ2n) is 6.30. The Morgan fingerprint density at radius 3 is 2.48 bits per heavy atom. The van der Waals surface area contributed by atoms with E-state index in [1.54, 1.807) is 12.1 Å². The zero-order valence-electron chi connectivity index (χ0n) is 15.3. The largest absolute Gasteiger partial charge is 0.481 e. The molecule has 0 aromatic heterocycles. The average Bonchev–Trinajstić information content (AvgIpc) is 2.58. The smallest absolute Gasteiger partial charge is 0.261 e. The summed E-state index contributed by atoms with van der Waals surface area (Å²) >= 11 is 5.99. The summed E-state index contributed by atoms with van der Waals surface area (Å²) < 4.78 is 5.84. The fourth-order valence-corrected chi connectivity index (χ4v) is 3.09. The summed E-state index contributed by atoms with van der Waals surface area (Å²) in [5.41, 5.74) is 3.56. The minimum absolute atomic E-state index is 0.0230. The van der Waals surface area contributed by atoms with E-state index in [1.165, 1.54) is 11.1 Å². The molecule has 2 unspecified atom stereocenters. The topological polar surface area (TPSA) is 38.3 Å². The van der Waals surface area contributed by atoms with Crippen LogP contribution in [-0.2, 0) is 4.79 Å². The molecule has 0 heterocycles. The zero-order valence-corrected chi connectivity index (χ0v) is 16.1. The van der Waals surface area contributed by atoms with E-state index in [0.717, 1.165) is 12.0 Å². The number of aryl methyl sites for hydroxylation is 2. The molecule has 2 aromatic carbocycles. The van der Waals surface area contributed by atoms with Crippen molar-refractivity contribution < 1.29 is 9.53 Å². The maximum Gasteiger partial charge on any atom is 0.261 e. The number of rotatable bonds is 7. The number of ether oxygens (including phenoxy) is 1. The van der Waals surface area contributed by atoms with Crippen LogP contribution in [0.3, 0.4) is 0 Å². The molecule has 3 nitrogen and oxygen atoms in total. The third kappa shape index (κ3) is 5.23. The molecule has 0 aliphatic rings. The van der Waals surface area contributed by atoms with Crippen LogP contribution in [0.2, 0.25) is 5.02 Å². The molecule has 4 heteroatoms. The molecule has 0 fully saturated rings. The van der Waals surface area contributed by atoms with Crippen LogP contribution in [0.4, 0.5) is 0 Å². The molecule has 134 valence electrons. The van der Waals surface area contributed by atoms with Crippen molar-refractivity contribution in [3.63, 3.8) is 0 Å². The Bertz CT molecular complexity index is 730. The molecule has 1 amide bonds. The molecule has 0 saturated carbocycles. The summed E-state index contributed by atoms with van der Waals surface area (Å²) in [6, 6.07) is 13.4. The van der Waals surface area contributed by atoms with E-state index in [4.69, 9.17) is 16.3 Å². The maximum atomic E-state index is 12.7. The Balaban J connectivity index is 2.11. The van der Waals surface area contributed by atoms with Crippen molar-refractivity contribution in [1.29, 1.82) is 0 Å². The van der Waals surface area contributed by atoms with E-state index in [1.807, 2.05) is 19.1 Å². The monoisotopic (exact) mass is 359 g/mol. The molecule has 2 aromatic rings. The molecule has 0 spiro atoms. The first-order valence-electron chi connectivity index (χ1n) is 8.74. The highest BCUT2D eigenvalue weighted by Gasteiger charge is 2.22. The summed E-state index contributed by atoms with van der Waals surface area (Å²) in [4.78, 5) is 12.7. The zero-order chi connectivity index (χ0) is 18.4. The Kier molecular flexibility index (Phi) is 6.89. The standard InChI is InChI=1S/C21H26ClNO2/c1-5-19(18-11-10-14(3)12-15(18)4)23-21(24)20(6-2)25-17-9-7-8-16(22)13-17/h7-13,19-20H,5-6H2,1-4H3,(H,23,24). The van der Waals surface area contributed by atoms with Crippen molar-refractivity contribution in [2.45, 2.75) is 52.7 Å². The number of carbonyl (C=O) groups excluding carboxylic acids is 1. The normalized spacial score (nSPS) is 13.2. The van der Waals surface area contributed by atoms with Gasteiger partial charge in [-0.15, -0.1) is 0 Å². The lowest BCUT2D eigenvalue weighted by Crippen LogP contribution is -2.40. The van der Waals surface area contributed by atoms with Crippen LogP contribution in [0.15, 0.2) is 42.5 Å². The molecule has 2 rings (SSSR count). The van der Waals surface area contributed by atoms with Crippen LogP contribution in [0.25, 0.3) is 0 Å². The summed E-state index contributed by atoms with van der Waals surface area (Å²) in [5, 5.41) is 3.72. The van der Waals surface area contributed by atoms with Gasteiger partial charge in [-0.05, 0) is 56.0 Å². The van der Waals surface area contributed by atoms with Gasteiger partial charge in [-0.25, -0.2) is 0 Å². The lowest BCUT2D eigenvalue weighted by atomic mass is 9.97. The van der Waals surface area contributed by atoms with Crippen molar-refractivity contribution >= 4 is 17.5 Å². The van der Waals surface area contributed by atoms with Gasteiger partial charge < -0.3 is 10.1 Å². The van der Waals surface area contributed by atoms with Crippen LogP contribution < -0.4 is 10.1 Å². The van der Waals surface area contributed by atoms with Gasteiger partial charge >= 0.3 is 0 Å². The average molecular weight is 360 g/mol. The predicted octanol–water partition coefficient (Wildman–Crippen LogP) is 5.38. The maximum absolute atomic E-state index is 12.7. The highest BCUT2D eigenvalue weighted by atomic mass is 35.5. The van der Waals surface area contributed by atoms with E-state index in [9.17, 15) is 4.79 Å². The number of carbonyl (C=O) groups is 1. The Morgan fingerprint density at radius 1 is 1.12 bits per heavy atom. The first kappa shape index (κ1) is 19.3. The molecular formula is C21H26ClNO2. The third-order valence-corrected chi connectivity index (χ3v) is 4.50. The van der Waals surface area contributed by atoms with Gasteiger partial charge in [0.15, 0.2) is 6.10 Å². The molecule has 1 N–H and O–H groups in total. The van der Waals surface area contributed by atoms with Crippen molar-refractivity contribution in [3.05, 3.63) is 64.2 Å². The van der Waals surface area contributed by atoms with E-state index >= 15 is 0 Å². The second-order valence-corrected chi connectivity index (χ2v) is 6.74. The molecule has 0 saturated heterocycles. The number of nitrogens with one attached hydrogen (secondary N) is 1. The highest BCUT2D eigenvalue weighted by molar-refractivity contribution is 6.30. The first-order valence-corrected chi connectivity index (χ1v) is 9.12. The summed E-state index contributed by atoms with van der Waals surface area (Å²) in [5.74, 6) is 0.503. The molecule has 2 atom stereocenters. The molecule has 25 heavy (non-hydrogen) atoms. The van der Waals surface area contributed by atoms with E-state index in [2.05, 4.69) is 44.3 Å². The van der Waals surface area contributed by atoms with Crippen molar-refractivity contribution in [2.24, 2.45) is 0 Å². The fraction of sp³-hybridized carbons (Fsp3) is 0.381. The molecule has 0 aliphatic carbocycles. The van der Waals surface area contributed by atoms with Gasteiger partial charge in [0.25, 0.3) is 5.91 Å². The number of halogens is 1. The number of hydrogen-bond donors (Lipinski definition) is 1. The van der Waals surface area contributed by atoms with Crippen LogP contribution in [0.5, 0.6) is 5.75 Å². The Labute approximate surface area is 155 Å². The van der Waals surface area contributed by atoms with Gasteiger partial charge in [-0.2, -0.15) is 0 Å². The lowest BCUT2D eigenvalue weighted by Gasteiger charge is -2.23. The SMILES string of the molecule is CCC(Oc1cccc(Cl)c1)C(=O)NC(CC)c1ccc(C)cc1C. The van der Waals surface area contributed by atoms with E-state index in [-0.39, 0.29) is 11.9 Å². The molecule has 0 radical (unpaired) electrons. The van der Waals surface area contributed by atoms with Gasteiger partial charge in [0.2, 0.25) is 0 Å². The Morgan fingerprint density at radius 2 is 1.88 bits per heavy atom. The van der Waals surface area contributed by atoms with Crippen LogP contribution >= 0.6 is 11.6 Å². The molecule has 0 bridgehead atoms. The highest BCUT2D eigenvalue weighted by Crippen LogP contribution is 2.23. The number of amides is 1. The lowest BCUT2D eigenvalue weighted by molar-refractivity contribution is -0.128. The van der Waals surface area contributed by atoms with Crippen molar-refractivity contribution in [3.8, 4) is 5.75 Å². The summed E-state index contributed by atoms with van der Waals surface area (Å²) in [6.07, 6.45) is 0.864. The molecule has 0 aliphatic heterocycles. The van der Waals surface area contributed by atoms with Gasteiger partial charge in [0, 0.05) is 5.02 Å². The second kappa shape index (κ2) is 8.91. The summed E-state index contributed by atoms with van der Waals surface area (Å²) in [7, 11) is 0. The molecular weight excluding hydrogens is 334 g/mol. The van der Waals surface area contributed by atoms with Gasteiger partial charge in [0.1, 0.15) is 5.75 Å². The van der Waals surface area contributed by atoms with Crippen LogP contribution in [-0.4, -0.2) is 12.0 Å². The van der Waals surface area contributed by atoms with Crippen molar-refractivity contribution in [1.82, 2.24) is 5.32 Å². The minimum atomic E-state index is -0.543. The Hall–Kier alpha value is -2.00. The minimum Gasteiger partial charge on any atom is -0.481 e. The first-order chi connectivity index (χ1) is 11.9. The van der Waals surface area contributed by atoms with Gasteiger partial charge in [0.05, 0.1) is 6.04 Å². The third-order valence-electron chi connectivity index (χ3n) is 4.26. The quantitative estimate of drug-likeness (QED) is 0.720. The van der Waals surface area contributed by atoms with Gasteiger partial charge in [-0.3, -0.25) is 4.79 Å². The van der Waals surface area contributed by atoms with E-state index in [0.29, 0.717) is 17.2 Å². The number of hydrogen-bond acceptors (Lipinski definition) is 2. The van der Waals surface area contributed by atoms with Gasteiger partial charge in [-0.1, -0.05) is 55.3 Å². The predicted molar refractivity (Wildman–Crippen MR) is 103 cm³/mol. The van der Waals surface area contributed by atoms with Crippen LogP contribution in [0.1, 0.15) is 49.4 Å². The van der Waals surface area contributed by atoms with Crippen molar-refractivity contribution in [2.75, 3.05) is 0 Å². The van der Waals surface area contributed by atoms with Crippen LogP contribution in [0, 0.1) is 13.8 Å².